The van der Waals surface area contributed by atoms with Crippen molar-refractivity contribution in [3.8, 4) is 22.4 Å². The quantitative estimate of drug-likeness (QED) is 0.393. The molecular formula is C29H31FN4O5S. The van der Waals surface area contributed by atoms with Crippen molar-refractivity contribution in [2.24, 2.45) is 11.8 Å². The van der Waals surface area contributed by atoms with E-state index < -0.39 is 17.0 Å². The maximum Gasteiger partial charge on any atom is 0.304 e. The van der Waals surface area contributed by atoms with Crippen LogP contribution in [0.3, 0.4) is 0 Å². The Morgan fingerprint density at radius 3 is 2.73 bits per heavy atom. The highest BCUT2D eigenvalue weighted by Crippen LogP contribution is 2.37. The van der Waals surface area contributed by atoms with Crippen LogP contribution in [0.2, 0.25) is 0 Å². The second kappa shape index (κ2) is 12.2. The zero-order chi connectivity index (χ0) is 28.2. The summed E-state index contributed by atoms with van der Waals surface area (Å²) in [7, 11) is 1.71. The second-order valence-electron chi connectivity index (χ2n) is 10.2. The van der Waals surface area contributed by atoms with Gasteiger partial charge in [-0.25, -0.2) is 9.97 Å². The van der Waals surface area contributed by atoms with Gasteiger partial charge in [0.1, 0.15) is 16.5 Å². The molecule has 1 saturated heterocycles. The number of carbonyl (C=O) groups is 3. The van der Waals surface area contributed by atoms with Crippen molar-refractivity contribution in [2.45, 2.75) is 45.1 Å². The Morgan fingerprint density at radius 2 is 1.98 bits per heavy atom. The summed E-state index contributed by atoms with van der Waals surface area (Å²) in [5.74, 6) is -1.17. The Labute approximate surface area is 235 Å². The van der Waals surface area contributed by atoms with E-state index in [0.29, 0.717) is 48.9 Å². The SMILES string of the molecule is CN1C(=O)CCc2cc(-c3ccccc3-c3nc(CNC(=O)[C@@H](CC(=O)O)CC4CCOCC4)sc3F)cnc21. The number of amides is 2. The van der Waals surface area contributed by atoms with Crippen molar-refractivity contribution >= 4 is 34.9 Å². The molecule has 1 aromatic carbocycles. The van der Waals surface area contributed by atoms with Gasteiger partial charge in [0.15, 0.2) is 0 Å². The smallest absolute Gasteiger partial charge is 0.304 e. The number of carboxylic acids is 1. The lowest BCUT2D eigenvalue weighted by atomic mass is 9.86. The minimum atomic E-state index is -1.03. The van der Waals surface area contributed by atoms with Gasteiger partial charge >= 0.3 is 5.97 Å². The van der Waals surface area contributed by atoms with Crippen molar-refractivity contribution in [1.82, 2.24) is 15.3 Å². The molecule has 0 saturated carbocycles. The molecule has 2 aliphatic heterocycles. The normalized spacial score (nSPS) is 16.4. The van der Waals surface area contributed by atoms with Gasteiger partial charge in [-0.05, 0) is 48.8 Å². The number of hydrogen-bond acceptors (Lipinski definition) is 7. The van der Waals surface area contributed by atoms with Crippen molar-refractivity contribution in [2.75, 3.05) is 25.2 Å². The standard InChI is InChI=1S/C29H31FN4O5S/c1-34-24(35)7-6-18-13-20(15-31-28(18)34)21-4-2-3-5-22(21)26-27(30)40-23(33-26)16-32-29(38)19(14-25(36)37)12-17-8-10-39-11-9-17/h2-5,13,15,17,19H,6-12,14,16H2,1H3,(H,32,38)(H,36,37)/t19-/m1/s1. The van der Waals surface area contributed by atoms with Crippen LogP contribution in [0.4, 0.5) is 10.2 Å². The number of pyridine rings is 1. The number of anilines is 1. The van der Waals surface area contributed by atoms with Crippen LogP contribution in [0.1, 0.15) is 42.7 Å². The lowest BCUT2D eigenvalue weighted by Crippen LogP contribution is -2.33. The van der Waals surface area contributed by atoms with Crippen molar-refractivity contribution < 1.29 is 28.6 Å². The van der Waals surface area contributed by atoms with Crippen LogP contribution in [0.25, 0.3) is 22.4 Å². The maximum atomic E-state index is 15.2. The number of carbonyl (C=O) groups excluding carboxylic acids is 2. The molecule has 40 heavy (non-hydrogen) atoms. The highest BCUT2D eigenvalue weighted by atomic mass is 32.1. The zero-order valence-corrected chi connectivity index (χ0v) is 23.0. The van der Waals surface area contributed by atoms with Gasteiger partial charge in [-0.3, -0.25) is 19.3 Å². The summed E-state index contributed by atoms with van der Waals surface area (Å²) in [6.07, 6.45) is 4.51. The number of aryl methyl sites for hydroxylation is 1. The van der Waals surface area contributed by atoms with Crippen LogP contribution < -0.4 is 10.2 Å². The van der Waals surface area contributed by atoms with Gasteiger partial charge in [0.2, 0.25) is 16.9 Å². The number of hydrogen-bond donors (Lipinski definition) is 2. The minimum absolute atomic E-state index is 0.00719. The van der Waals surface area contributed by atoms with Crippen LogP contribution in [0, 0.1) is 17.0 Å². The number of ether oxygens (including phenoxy) is 1. The second-order valence-corrected chi connectivity index (χ2v) is 11.3. The van der Waals surface area contributed by atoms with Crippen molar-refractivity contribution in [1.29, 1.82) is 0 Å². The molecule has 0 spiro atoms. The van der Waals surface area contributed by atoms with Crippen LogP contribution in [-0.2, 0) is 32.1 Å². The Balaban J connectivity index is 1.33. The van der Waals surface area contributed by atoms with Crippen LogP contribution >= 0.6 is 11.3 Å². The first-order valence-corrected chi connectivity index (χ1v) is 14.2. The number of benzene rings is 1. The molecule has 0 aliphatic carbocycles. The summed E-state index contributed by atoms with van der Waals surface area (Å²) in [6, 6.07) is 9.33. The number of carboxylic acid groups (broad SMARTS) is 1. The van der Waals surface area contributed by atoms with Gasteiger partial charge in [-0.1, -0.05) is 35.6 Å². The molecule has 210 valence electrons. The Kier molecular flexibility index (Phi) is 8.51. The van der Waals surface area contributed by atoms with Crippen LogP contribution in [0.5, 0.6) is 0 Å². The lowest BCUT2D eigenvalue weighted by molar-refractivity contribution is -0.141. The molecule has 2 N–H and O–H groups in total. The fourth-order valence-corrected chi connectivity index (χ4v) is 6.12. The van der Waals surface area contributed by atoms with E-state index in [1.807, 2.05) is 24.3 Å². The molecule has 2 aliphatic rings. The molecule has 5 rings (SSSR count). The van der Waals surface area contributed by atoms with E-state index in [4.69, 9.17) is 4.74 Å². The number of rotatable bonds is 9. The molecule has 0 bridgehead atoms. The van der Waals surface area contributed by atoms with Gasteiger partial charge in [0, 0.05) is 49.9 Å². The van der Waals surface area contributed by atoms with Gasteiger partial charge in [-0.15, -0.1) is 0 Å². The predicted octanol–water partition coefficient (Wildman–Crippen LogP) is 4.44. The summed E-state index contributed by atoms with van der Waals surface area (Å²) in [5, 5.41) is 12.0. The number of fused-ring (bicyclic) bond motifs is 1. The van der Waals surface area contributed by atoms with E-state index in [9.17, 15) is 19.5 Å². The third-order valence-corrected chi connectivity index (χ3v) is 8.37. The highest BCUT2D eigenvalue weighted by Gasteiger charge is 2.28. The number of aliphatic carboxylic acids is 1. The average molecular weight is 567 g/mol. The maximum absolute atomic E-state index is 15.2. The highest BCUT2D eigenvalue weighted by molar-refractivity contribution is 7.10. The zero-order valence-electron chi connectivity index (χ0n) is 22.2. The molecule has 11 heteroatoms. The molecule has 1 fully saturated rings. The summed E-state index contributed by atoms with van der Waals surface area (Å²) < 4.78 is 20.6. The number of aromatic nitrogens is 2. The van der Waals surface area contributed by atoms with Gasteiger partial charge < -0.3 is 15.2 Å². The largest absolute Gasteiger partial charge is 0.481 e. The van der Waals surface area contributed by atoms with Crippen molar-refractivity contribution in [3.05, 3.63) is 52.2 Å². The van der Waals surface area contributed by atoms with E-state index in [0.717, 1.165) is 40.9 Å². The molecule has 3 aromatic rings. The summed E-state index contributed by atoms with van der Waals surface area (Å²) in [5.41, 5.74) is 3.28. The molecule has 9 nitrogen and oxygen atoms in total. The van der Waals surface area contributed by atoms with Gasteiger partial charge in [0.05, 0.1) is 13.0 Å². The third-order valence-electron chi connectivity index (χ3n) is 7.53. The fraction of sp³-hybridized carbons (Fsp3) is 0.414. The molecular weight excluding hydrogens is 535 g/mol. The number of halogens is 1. The molecule has 2 aromatic heterocycles. The third kappa shape index (κ3) is 6.20. The van der Waals surface area contributed by atoms with E-state index in [1.54, 1.807) is 24.2 Å². The van der Waals surface area contributed by atoms with Crippen LogP contribution in [-0.4, -0.2) is 53.1 Å². The topological polar surface area (TPSA) is 122 Å². The molecule has 0 unspecified atom stereocenters. The first kappa shape index (κ1) is 27.9. The average Bonchev–Trinajstić information content (AvgIpc) is 3.33. The molecule has 2 amide bonds. The summed E-state index contributed by atoms with van der Waals surface area (Å²) in [4.78, 5) is 47.0. The van der Waals surface area contributed by atoms with E-state index in [2.05, 4.69) is 15.3 Å². The van der Waals surface area contributed by atoms with E-state index >= 15 is 4.39 Å². The van der Waals surface area contributed by atoms with Gasteiger partial charge in [0.25, 0.3) is 0 Å². The first-order valence-electron chi connectivity index (χ1n) is 13.4. The van der Waals surface area contributed by atoms with E-state index in [1.165, 1.54) is 0 Å². The Hall–Kier alpha value is -3.70. The Morgan fingerprint density at radius 1 is 1.23 bits per heavy atom. The van der Waals surface area contributed by atoms with Crippen molar-refractivity contribution in [3.63, 3.8) is 0 Å². The first-order chi connectivity index (χ1) is 19.3. The monoisotopic (exact) mass is 566 g/mol. The number of nitrogens with one attached hydrogen (secondary N) is 1. The summed E-state index contributed by atoms with van der Waals surface area (Å²) >= 11 is 0.855. The summed E-state index contributed by atoms with van der Waals surface area (Å²) in [6.45, 7) is 1.24. The number of thiazole rings is 1. The minimum Gasteiger partial charge on any atom is -0.481 e. The van der Waals surface area contributed by atoms with Crippen LogP contribution in [0.15, 0.2) is 36.5 Å². The van der Waals surface area contributed by atoms with Gasteiger partial charge in [-0.2, -0.15) is 4.39 Å². The fourth-order valence-electron chi connectivity index (χ4n) is 5.38. The number of nitrogens with zero attached hydrogens (tertiary/aromatic N) is 3. The Bertz CT molecular complexity index is 1420. The lowest BCUT2D eigenvalue weighted by Gasteiger charge is -2.25. The molecule has 0 radical (unpaired) electrons. The predicted molar refractivity (Wildman–Crippen MR) is 148 cm³/mol. The molecule has 1 atom stereocenters. The van der Waals surface area contributed by atoms with E-state index in [-0.39, 0.29) is 36.4 Å². The molecule has 4 heterocycles.